The van der Waals surface area contributed by atoms with Gasteiger partial charge in [0.1, 0.15) is 0 Å². The first-order valence-corrected chi connectivity index (χ1v) is 7.09. The molecule has 0 spiro atoms. The summed E-state index contributed by atoms with van der Waals surface area (Å²) in [5, 5.41) is 2.88. The minimum Gasteiger partial charge on any atom is -0.352 e. The van der Waals surface area contributed by atoms with Crippen molar-refractivity contribution in [2.45, 2.75) is 19.3 Å². The lowest BCUT2D eigenvalue weighted by atomic mass is 9.98. The van der Waals surface area contributed by atoms with E-state index >= 15 is 0 Å². The molecule has 108 valence electrons. The fourth-order valence-electron chi connectivity index (χ4n) is 2.25. The first-order chi connectivity index (χ1) is 10.2. The normalized spacial score (nSPS) is 11.7. The summed E-state index contributed by atoms with van der Waals surface area (Å²) in [5.41, 5.74) is 2.12. The van der Waals surface area contributed by atoms with Crippen LogP contribution in [0, 0.1) is 0 Å². The van der Waals surface area contributed by atoms with Crippen LogP contribution in [0.1, 0.15) is 45.5 Å². The molecular formula is C18H19NO2. The van der Waals surface area contributed by atoms with Crippen molar-refractivity contribution in [3.63, 3.8) is 0 Å². The number of aldehydes is 1. The summed E-state index contributed by atoms with van der Waals surface area (Å²) in [6, 6.07) is 17.0. The maximum Gasteiger partial charge on any atom is 0.252 e. The quantitative estimate of drug-likeness (QED) is 0.825. The molecule has 2 rings (SSSR count). The monoisotopic (exact) mass is 281 g/mol. The van der Waals surface area contributed by atoms with E-state index in [1.165, 1.54) is 5.56 Å². The topological polar surface area (TPSA) is 46.2 Å². The van der Waals surface area contributed by atoms with Crippen LogP contribution in [0.5, 0.6) is 0 Å². The molecule has 0 fully saturated rings. The summed E-state index contributed by atoms with van der Waals surface area (Å²) < 4.78 is 0. The van der Waals surface area contributed by atoms with Crippen LogP contribution >= 0.6 is 0 Å². The molecule has 3 heteroatoms. The number of carbonyl (C=O) groups excluding carboxylic acids is 2. The Hall–Kier alpha value is -2.42. The van der Waals surface area contributed by atoms with Crippen molar-refractivity contribution in [2.75, 3.05) is 6.54 Å². The van der Waals surface area contributed by atoms with Gasteiger partial charge in [-0.15, -0.1) is 0 Å². The van der Waals surface area contributed by atoms with Gasteiger partial charge < -0.3 is 5.32 Å². The van der Waals surface area contributed by atoms with E-state index in [4.69, 9.17) is 0 Å². The zero-order valence-corrected chi connectivity index (χ0v) is 12.1. The van der Waals surface area contributed by atoms with Crippen molar-refractivity contribution in [1.29, 1.82) is 0 Å². The van der Waals surface area contributed by atoms with Crippen LogP contribution in [-0.2, 0) is 0 Å². The van der Waals surface area contributed by atoms with Gasteiger partial charge in [-0.1, -0.05) is 55.5 Å². The molecule has 1 atom stereocenters. The molecule has 0 bridgehead atoms. The highest BCUT2D eigenvalue weighted by atomic mass is 16.1. The third-order valence-corrected chi connectivity index (χ3v) is 3.56. The molecular weight excluding hydrogens is 262 g/mol. The van der Waals surface area contributed by atoms with E-state index in [1.807, 2.05) is 18.2 Å². The molecule has 0 aromatic heterocycles. The van der Waals surface area contributed by atoms with Gasteiger partial charge >= 0.3 is 0 Å². The van der Waals surface area contributed by atoms with E-state index in [9.17, 15) is 9.59 Å². The highest BCUT2D eigenvalue weighted by molar-refractivity contribution is 6.01. The van der Waals surface area contributed by atoms with Gasteiger partial charge in [-0.25, -0.2) is 0 Å². The number of amides is 1. The lowest BCUT2D eigenvalue weighted by Crippen LogP contribution is -2.26. The number of hydrogen-bond acceptors (Lipinski definition) is 2. The Balaban J connectivity index is 1.89. The van der Waals surface area contributed by atoms with Crippen molar-refractivity contribution in [1.82, 2.24) is 5.32 Å². The van der Waals surface area contributed by atoms with Crippen molar-refractivity contribution in [2.24, 2.45) is 0 Å². The molecule has 0 radical (unpaired) electrons. The van der Waals surface area contributed by atoms with Crippen molar-refractivity contribution >= 4 is 12.2 Å². The molecule has 0 heterocycles. The second-order valence-electron chi connectivity index (χ2n) is 5.06. The average Bonchev–Trinajstić information content (AvgIpc) is 2.55. The third-order valence-electron chi connectivity index (χ3n) is 3.56. The second kappa shape index (κ2) is 7.39. The van der Waals surface area contributed by atoms with Gasteiger partial charge in [0, 0.05) is 17.7 Å². The molecule has 3 nitrogen and oxygen atoms in total. The Morgan fingerprint density at radius 3 is 2.48 bits per heavy atom. The van der Waals surface area contributed by atoms with Crippen LogP contribution in [-0.4, -0.2) is 18.7 Å². The summed E-state index contributed by atoms with van der Waals surface area (Å²) >= 11 is 0. The van der Waals surface area contributed by atoms with E-state index < -0.39 is 0 Å². The van der Waals surface area contributed by atoms with Gasteiger partial charge in [0.15, 0.2) is 6.29 Å². The molecule has 1 unspecified atom stereocenters. The smallest absolute Gasteiger partial charge is 0.252 e. The summed E-state index contributed by atoms with van der Waals surface area (Å²) in [4.78, 5) is 23.0. The Kier molecular flexibility index (Phi) is 5.27. The lowest BCUT2D eigenvalue weighted by Gasteiger charge is -2.12. The Labute approximate surface area is 125 Å². The zero-order valence-electron chi connectivity index (χ0n) is 12.1. The van der Waals surface area contributed by atoms with Crippen LogP contribution in [0.3, 0.4) is 0 Å². The Morgan fingerprint density at radius 2 is 1.76 bits per heavy atom. The van der Waals surface area contributed by atoms with Crippen LogP contribution in [0.25, 0.3) is 0 Å². The number of hydrogen-bond donors (Lipinski definition) is 1. The van der Waals surface area contributed by atoms with Gasteiger partial charge in [-0.3, -0.25) is 9.59 Å². The van der Waals surface area contributed by atoms with Gasteiger partial charge in [0.05, 0.1) is 0 Å². The molecule has 0 aliphatic heterocycles. The predicted octanol–water partition coefficient (Wildman–Crippen LogP) is 3.42. The molecule has 0 saturated carbocycles. The molecule has 21 heavy (non-hydrogen) atoms. The molecule has 1 amide bonds. The third kappa shape index (κ3) is 4.02. The standard InChI is InChI=1S/C18H19NO2/c1-14(15-7-3-2-4-8-15)11-12-19-18(21)17-10-6-5-9-16(17)13-20/h2-10,13-14H,11-12H2,1H3,(H,19,21). The van der Waals surface area contributed by atoms with Crippen molar-refractivity contribution < 1.29 is 9.59 Å². The number of carbonyl (C=O) groups is 2. The van der Waals surface area contributed by atoms with E-state index in [-0.39, 0.29) is 5.91 Å². The summed E-state index contributed by atoms with van der Waals surface area (Å²) in [6.07, 6.45) is 1.57. The first-order valence-electron chi connectivity index (χ1n) is 7.09. The van der Waals surface area contributed by atoms with Crippen LogP contribution < -0.4 is 5.32 Å². The highest BCUT2D eigenvalue weighted by Gasteiger charge is 2.10. The molecule has 1 N–H and O–H groups in total. The van der Waals surface area contributed by atoms with E-state index in [0.717, 1.165) is 6.42 Å². The minimum absolute atomic E-state index is 0.196. The Morgan fingerprint density at radius 1 is 1.10 bits per heavy atom. The number of rotatable bonds is 6. The highest BCUT2D eigenvalue weighted by Crippen LogP contribution is 2.17. The predicted molar refractivity (Wildman–Crippen MR) is 83.6 cm³/mol. The van der Waals surface area contributed by atoms with Gasteiger partial charge in [0.25, 0.3) is 5.91 Å². The molecule has 2 aromatic carbocycles. The van der Waals surface area contributed by atoms with E-state index in [1.54, 1.807) is 24.3 Å². The average molecular weight is 281 g/mol. The largest absolute Gasteiger partial charge is 0.352 e. The lowest BCUT2D eigenvalue weighted by molar-refractivity contribution is 0.0947. The molecule has 0 aliphatic carbocycles. The molecule has 0 aliphatic rings. The van der Waals surface area contributed by atoms with Gasteiger partial charge in [-0.05, 0) is 24.0 Å². The van der Waals surface area contributed by atoms with Gasteiger partial charge in [0.2, 0.25) is 0 Å². The minimum atomic E-state index is -0.196. The van der Waals surface area contributed by atoms with Crippen LogP contribution in [0.2, 0.25) is 0 Å². The maximum atomic E-state index is 12.1. The SMILES string of the molecule is CC(CCNC(=O)c1ccccc1C=O)c1ccccc1. The number of nitrogens with one attached hydrogen (secondary N) is 1. The Bertz CT molecular complexity index is 608. The zero-order chi connectivity index (χ0) is 15.1. The van der Waals surface area contributed by atoms with E-state index in [2.05, 4.69) is 24.4 Å². The second-order valence-corrected chi connectivity index (χ2v) is 5.06. The van der Waals surface area contributed by atoms with Crippen LogP contribution in [0.4, 0.5) is 0 Å². The maximum absolute atomic E-state index is 12.1. The molecule has 2 aromatic rings. The van der Waals surface area contributed by atoms with Crippen molar-refractivity contribution in [3.8, 4) is 0 Å². The summed E-state index contributed by atoms with van der Waals surface area (Å²) in [5.74, 6) is 0.186. The fourth-order valence-corrected chi connectivity index (χ4v) is 2.25. The fraction of sp³-hybridized carbons (Fsp3) is 0.222. The van der Waals surface area contributed by atoms with E-state index in [0.29, 0.717) is 29.9 Å². The van der Waals surface area contributed by atoms with Crippen molar-refractivity contribution in [3.05, 3.63) is 71.3 Å². The number of benzene rings is 2. The summed E-state index contributed by atoms with van der Waals surface area (Å²) in [6.45, 7) is 2.73. The van der Waals surface area contributed by atoms with Gasteiger partial charge in [-0.2, -0.15) is 0 Å². The first kappa shape index (κ1) is 15.0. The molecule has 0 saturated heterocycles. The van der Waals surface area contributed by atoms with Crippen LogP contribution in [0.15, 0.2) is 54.6 Å². The summed E-state index contributed by atoms with van der Waals surface area (Å²) in [7, 11) is 0.